The normalized spacial score (nSPS) is 13.8. The van der Waals surface area contributed by atoms with Crippen LogP contribution in [0.1, 0.15) is 17.4 Å². The molecule has 33 heavy (non-hydrogen) atoms. The van der Waals surface area contributed by atoms with Crippen LogP contribution in [0.4, 0.5) is 0 Å². The van der Waals surface area contributed by atoms with Crippen LogP contribution in [0.2, 0.25) is 0 Å². The lowest BCUT2D eigenvalue weighted by Crippen LogP contribution is -2.26. The van der Waals surface area contributed by atoms with Gasteiger partial charge < -0.3 is 14.2 Å². The number of hydrogen-bond donors (Lipinski definition) is 3. The Kier molecular flexibility index (Phi) is 7.14. The average Bonchev–Trinajstić information content (AvgIpc) is 3.37. The standard InChI is InChI=1S/C23H24N5O4P/c1-31-20-8-5-9-21(15-20)32-33(29,30)16-24-22(23-25-27-28-26-23)14-17-10-12-19(13-11-17)18-6-3-2-4-7-18/h2-13,15,22,24H,14,16H2,1H3,(H,29,30)(H,25,26,27,28)/t22-/m0/s1. The maximum absolute atomic E-state index is 12.7. The van der Waals surface area contributed by atoms with Crippen LogP contribution in [-0.2, 0) is 11.0 Å². The quantitative estimate of drug-likeness (QED) is 0.301. The fourth-order valence-corrected chi connectivity index (χ4v) is 4.32. The molecule has 0 saturated carbocycles. The molecule has 1 unspecified atom stereocenters. The highest BCUT2D eigenvalue weighted by atomic mass is 31.2. The van der Waals surface area contributed by atoms with Gasteiger partial charge in [0.2, 0.25) is 0 Å². The van der Waals surface area contributed by atoms with E-state index in [1.807, 2.05) is 42.5 Å². The number of methoxy groups -OCH3 is 1. The van der Waals surface area contributed by atoms with Crippen LogP contribution in [0, 0.1) is 0 Å². The number of hydrogen-bond acceptors (Lipinski definition) is 7. The number of nitrogens with one attached hydrogen (secondary N) is 2. The van der Waals surface area contributed by atoms with E-state index in [1.54, 1.807) is 24.3 Å². The van der Waals surface area contributed by atoms with Crippen LogP contribution < -0.4 is 14.6 Å². The molecule has 3 aromatic carbocycles. The predicted molar refractivity (Wildman–Crippen MR) is 124 cm³/mol. The van der Waals surface area contributed by atoms with E-state index >= 15 is 0 Å². The molecule has 0 fully saturated rings. The smallest absolute Gasteiger partial charge is 0.390 e. The predicted octanol–water partition coefficient (Wildman–Crippen LogP) is 3.97. The summed E-state index contributed by atoms with van der Waals surface area (Å²) >= 11 is 0. The van der Waals surface area contributed by atoms with Gasteiger partial charge in [-0.1, -0.05) is 60.7 Å². The second-order valence-electron chi connectivity index (χ2n) is 7.38. The van der Waals surface area contributed by atoms with Crippen LogP contribution in [0.25, 0.3) is 11.1 Å². The molecule has 3 N–H and O–H groups in total. The van der Waals surface area contributed by atoms with Crippen LogP contribution >= 0.6 is 7.60 Å². The third-order valence-electron chi connectivity index (χ3n) is 5.02. The Morgan fingerprint density at radius 1 is 1.00 bits per heavy atom. The van der Waals surface area contributed by atoms with Crippen molar-refractivity contribution in [1.82, 2.24) is 25.9 Å². The first-order valence-electron chi connectivity index (χ1n) is 10.3. The third kappa shape index (κ3) is 6.26. The van der Waals surface area contributed by atoms with E-state index in [-0.39, 0.29) is 12.0 Å². The summed E-state index contributed by atoms with van der Waals surface area (Å²) in [4.78, 5) is 10.4. The molecule has 170 valence electrons. The lowest BCUT2D eigenvalue weighted by atomic mass is 10.0. The second-order valence-corrected chi connectivity index (χ2v) is 9.15. The van der Waals surface area contributed by atoms with Crippen molar-refractivity contribution in [2.24, 2.45) is 0 Å². The zero-order chi connectivity index (χ0) is 23.1. The zero-order valence-corrected chi connectivity index (χ0v) is 18.9. The van der Waals surface area contributed by atoms with Gasteiger partial charge >= 0.3 is 7.60 Å². The van der Waals surface area contributed by atoms with Gasteiger partial charge in [0.25, 0.3) is 0 Å². The summed E-state index contributed by atoms with van der Waals surface area (Å²) in [5.41, 5.74) is 3.26. The van der Waals surface area contributed by atoms with E-state index in [0.29, 0.717) is 18.0 Å². The summed E-state index contributed by atoms with van der Waals surface area (Å²) < 4.78 is 23.1. The summed E-state index contributed by atoms with van der Waals surface area (Å²) in [5.74, 6) is 1.24. The second kappa shape index (κ2) is 10.4. The zero-order valence-electron chi connectivity index (χ0n) is 18.0. The molecule has 4 aromatic rings. The Hall–Kier alpha value is -3.52. The minimum absolute atomic E-state index is 0.247. The number of aromatic nitrogens is 4. The molecule has 1 heterocycles. The lowest BCUT2D eigenvalue weighted by molar-refractivity contribution is 0.366. The van der Waals surface area contributed by atoms with Crippen molar-refractivity contribution in [3.05, 3.63) is 90.3 Å². The van der Waals surface area contributed by atoms with Gasteiger partial charge in [-0.3, -0.25) is 5.32 Å². The van der Waals surface area contributed by atoms with E-state index in [1.165, 1.54) is 7.11 Å². The summed E-state index contributed by atoms with van der Waals surface area (Å²) in [6.07, 6.45) is 0.211. The number of tetrazole rings is 1. The number of aromatic amines is 1. The monoisotopic (exact) mass is 465 g/mol. The van der Waals surface area contributed by atoms with Crippen molar-refractivity contribution >= 4 is 7.60 Å². The first-order chi connectivity index (χ1) is 16.0. The van der Waals surface area contributed by atoms with Gasteiger partial charge in [-0.05, 0) is 45.7 Å². The number of benzene rings is 3. The van der Waals surface area contributed by atoms with Gasteiger partial charge in [-0.25, -0.2) is 9.66 Å². The third-order valence-corrected chi connectivity index (χ3v) is 6.10. The summed E-state index contributed by atoms with van der Waals surface area (Å²) in [5, 5.41) is 17.0. The van der Waals surface area contributed by atoms with E-state index in [4.69, 9.17) is 9.26 Å². The Balaban J connectivity index is 1.44. The molecule has 0 bridgehead atoms. The average molecular weight is 465 g/mol. The van der Waals surface area contributed by atoms with E-state index in [9.17, 15) is 9.46 Å². The van der Waals surface area contributed by atoms with Crippen LogP contribution in [0.3, 0.4) is 0 Å². The largest absolute Gasteiger partial charge is 0.497 e. The van der Waals surface area contributed by atoms with Crippen molar-refractivity contribution < 1.29 is 18.7 Å². The molecule has 0 aliphatic rings. The maximum atomic E-state index is 12.7. The Labute approximate surface area is 191 Å². The number of H-pyrrole nitrogens is 1. The molecule has 0 radical (unpaired) electrons. The Morgan fingerprint density at radius 3 is 2.42 bits per heavy atom. The molecule has 2 atom stereocenters. The molecular formula is C23H24N5O4P. The van der Waals surface area contributed by atoms with Gasteiger partial charge in [0, 0.05) is 6.07 Å². The van der Waals surface area contributed by atoms with E-state index < -0.39 is 13.6 Å². The van der Waals surface area contributed by atoms with Gasteiger partial charge in [0.15, 0.2) is 5.82 Å². The molecule has 1 aromatic heterocycles. The lowest BCUT2D eigenvalue weighted by Gasteiger charge is -2.19. The maximum Gasteiger partial charge on any atom is 0.390 e. The van der Waals surface area contributed by atoms with Crippen molar-refractivity contribution in [2.45, 2.75) is 12.5 Å². The first-order valence-corrected chi connectivity index (χ1v) is 12.1. The number of rotatable bonds is 10. The molecule has 9 nitrogen and oxygen atoms in total. The summed E-state index contributed by atoms with van der Waals surface area (Å²) in [6, 6.07) is 24.4. The molecule has 0 amide bonds. The summed E-state index contributed by atoms with van der Waals surface area (Å²) in [6.45, 7) is 0. The van der Waals surface area contributed by atoms with E-state index in [2.05, 4.69) is 38.1 Å². The molecule has 0 saturated heterocycles. The molecule has 0 aliphatic heterocycles. The highest BCUT2D eigenvalue weighted by Gasteiger charge is 2.25. The molecular weight excluding hydrogens is 441 g/mol. The van der Waals surface area contributed by atoms with Crippen LogP contribution in [-0.4, -0.2) is 38.9 Å². The van der Waals surface area contributed by atoms with Gasteiger partial charge in [0.1, 0.15) is 17.8 Å². The summed E-state index contributed by atoms with van der Waals surface area (Å²) in [7, 11) is -2.49. The van der Waals surface area contributed by atoms with Gasteiger partial charge in [0.05, 0.1) is 13.2 Å². The van der Waals surface area contributed by atoms with Crippen molar-refractivity contribution in [1.29, 1.82) is 0 Å². The molecule has 4 rings (SSSR count). The van der Waals surface area contributed by atoms with Crippen molar-refractivity contribution in [3.8, 4) is 22.6 Å². The topological polar surface area (TPSA) is 122 Å². The Morgan fingerprint density at radius 2 is 1.73 bits per heavy atom. The fourth-order valence-electron chi connectivity index (χ4n) is 3.36. The minimum Gasteiger partial charge on any atom is -0.497 e. The molecule has 10 heteroatoms. The Bertz CT molecular complexity index is 1200. The number of ether oxygens (including phenoxy) is 1. The van der Waals surface area contributed by atoms with Crippen molar-refractivity contribution in [3.63, 3.8) is 0 Å². The van der Waals surface area contributed by atoms with Crippen molar-refractivity contribution in [2.75, 3.05) is 13.4 Å². The SMILES string of the molecule is COc1cccc(OP(=O)(O)CN[C@@H](Cc2ccc(-c3ccccc3)cc2)c2nnn[nH]2)c1. The van der Waals surface area contributed by atoms with E-state index in [0.717, 1.165) is 16.7 Å². The highest BCUT2D eigenvalue weighted by molar-refractivity contribution is 7.53. The van der Waals surface area contributed by atoms with Crippen LogP contribution in [0.5, 0.6) is 11.5 Å². The molecule has 0 aliphatic carbocycles. The van der Waals surface area contributed by atoms with Gasteiger partial charge in [-0.2, -0.15) is 0 Å². The molecule has 0 spiro atoms. The first kappa shape index (κ1) is 22.7. The minimum atomic E-state index is -4.00. The van der Waals surface area contributed by atoms with Gasteiger partial charge in [-0.15, -0.1) is 5.10 Å². The fraction of sp³-hybridized carbons (Fsp3) is 0.174. The highest BCUT2D eigenvalue weighted by Crippen LogP contribution is 2.42. The van der Waals surface area contributed by atoms with Crippen LogP contribution in [0.15, 0.2) is 78.9 Å². The number of nitrogens with zero attached hydrogens (tertiary/aromatic N) is 3.